The first kappa shape index (κ1) is 37.3. The lowest BCUT2D eigenvalue weighted by atomic mass is 10.1. The van der Waals surface area contributed by atoms with Gasteiger partial charge in [-0.25, -0.2) is 4.98 Å². The van der Waals surface area contributed by atoms with Crippen LogP contribution in [0.1, 0.15) is 39.4 Å². The molecule has 4 aromatic rings. The highest BCUT2D eigenvalue weighted by molar-refractivity contribution is 7.86. The first-order chi connectivity index (χ1) is 21.4. The average Bonchev–Trinajstić information content (AvgIpc) is 3.34. The number of aryl methyl sites for hydroxylation is 2. The molecule has 0 aliphatic carbocycles. The molecular formula is C33H40ClN3O6S3. The molecule has 0 fully saturated rings. The van der Waals surface area contributed by atoms with Crippen LogP contribution in [0.25, 0.3) is 11.3 Å². The fourth-order valence-corrected chi connectivity index (χ4v) is 6.55. The van der Waals surface area contributed by atoms with Gasteiger partial charge in [0.2, 0.25) is 0 Å². The van der Waals surface area contributed by atoms with Crippen LogP contribution < -0.4 is 4.90 Å². The maximum atomic E-state index is 11.3. The fourth-order valence-electron chi connectivity index (χ4n) is 4.72. The topological polar surface area (TPSA) is 115 Å². The summed E-state index contributed by atoms with van der Waals surface area (Å²) in [6.07, 6.45) is 5.66. The second kappa shape index (κ2) is 17.1. The molecule has 0 saturated heterocycles. The molecule has 13 heteroatoms. The van der Waals surface area contributed by atoms with Crippen molar-refractivity contribution < 1.29 is 25.2 Å². The van der Waals surface area contributed by atoms with Crippen LogP contribution in [0, 0.1) is 13.8 Å². The van der Waals surface area contributed by atoms with E-state index in [1.165, 1.54) is 10.4 Å². The minimum Gasteiger partial charge on any atom is -0.371 e. The van der Waals surface area contributed by atoms with Gasteiger partial charge in [-0.05, 0) is 67.6 Å². The highest BCUT2D eigenvalue weighted by Crippen LogP contribution is 2.30. The van der Waals surface area contributed by atoms with Crippen LogP contribution in [-0.2, 0) is 35.0 Å². The van der Waals surface area contributed by atoms with E-state index in [0.717, 1.165) is 57.7 Å². The molecule has 46 heavy (non-hydrogen) atoms. The van der Waals surface area contributed by atoms with Gasteiger partial charge in [0.15, 0.2) is 0 Å². The number of hydrogen-bond donors (Lipinski definition) is 0. The molecule has 0 aliphatic heterocycles. The highest BCUT2D eigenvalue weighted by Gasteiger charge is 2.12. The third kappa shape index (κ3) is 12.2. The lowest BCUT2D eigenvalue weighted by Gasteiger charge is -2.25. The van der Waals surface area contributed by atoms with Crippen molar-refractivity contribution in [1.29, 1.82) is 0 Å². The largest absolute Gasteiger partial charge is 0.371 e. The third-order valence-electron chi connectivity index (χ3n) is 6.89. The quantitative estimate of drug-likeness (QED) is 0.0716. The van der Waals surface area contributed by atoms with Crippen molar-refractivity contribution in [2.45, 2.75) is 33.1 Å². The van der Waals surface area contributed by atoms with Gasteiger partial charge >= 0.3 is 0 Å². The van der Waals surface area contributed by atoms with Crippen LogP contribution >= 0.6 is 23.7 Å². The standard InChI is InChI=1S/C33H39N3O6S3.ClH/c1-25-22-31(36(18-8-20-41-44(3,37)38)19-9-21-42-45(4,39)40)17-14-29(25)24-34-30-15-12-28(13-16-30)33-26(2)43-32(35-33)23-27-10-6-5-7-11-27;/h5-7,10-17,22,24H,8-9,18-21,23H2,1-4H3;1H. The summed E-state index contributed by atoms with van der Waals surface area (Å²) in [6.45, 7) is 5.29. The summed E-state index contributed by atoms with van der Waals surface area (Å²) in [5.74, 6) is 0. The maximum Gasteiger partial charge on any atom is 0.264 e. The summed E-state index contributed by atoms with van der Waals surface area (Å²) in [5, 5.41) is 1.10. The number of thiazole rings is 1. The summed E-state index contributed by atoms with van der Waals surface area (Å²) >= 11 is 1.73. The molecule has 0 unspecified atom stereocenters. The number of benzene rings is 3. The molecule has 1 aromatic heterocycles. The number of nitrogens with zero attached hydrogens (tertiary/aromatic N) is 3. The molecule has 0 amide bonds. The molecule has 0 saturated carbocycles. The zero-order valence-corrected chi connectivity index (χ0v) is 29.6. The van der Waals surface area contributed by atoms with Crippen LogP contribution in [0.2, 0.25) is 0 Å². The number of anilines is 1. The van der Waals surface area contributed by atoms with E-state index in [9.17, 15) is 16.8 Å². The Hall–Kier alpha value is -3.13. The molecule has 4 rings (SSSR count). The van der Waals surface area contributed by atoms with Gasteiger partial charge in [0.05, 0.1) is 42.1 Å². The fraction of sp³-hybridized carbons (Fsp3) is 0.333. The van der Waals surface area contributed by atoms with Gasteiger partial charge in [-0.15, -0.1) is 23.7 Å². The Morgan fingerprint density at radius 3 is 2.02 bits per heavy atom. The molecule has 0 bridgehead atoms. The van der Waals surface area contributed by atoms with Crippen LogP contribution in [0.4, 0.5) is 11.4 Å². The SMILES string of the molecule is Cc1cc(N(CCCOS(C)(=O)=O)CCCOS(C)(=O)=O)ccc1C=Nc1ccc(-c2nc(Cc3ccccc3)sc2C)cc1.Cl. The van der Waals surface area contributed by atoms with Crippen LogP contribution in [0.15, 0.2) is 77.8 Å². The van der Waals surface area contributed by atoms with Crippen molar-refractivity contribution in [2.24, 2.45) is 4.99 Å². The zero-order valence-electron chi connectivity index (χ0n) is 26.4. The first-order valence-electron chi connectivity index (χ1n) is 14.6. The smallest absolute Gasteiger partial charge is 0.264 e. The van der Waals surface area contributed by atoms with Crippen LogP contribution in [0.3, 0.4) is 0 Å². The Morgan fingerprint density at radius 1 is 0.848 bits per heavy atom. The lowest BCUT2D eigenvalue weighted by Crippen LogP contribution is -2.28. The van der Waals surface area contributed by atoms with Gasteiger partial charge in [-0.3, -0.25) is 13.4 Å². The van der Waals surface area contributed by atoms with Crippen molar-refractivity contribution >= 4 is 61.6 Å². The summed E-state index contributed by atoms with van der Waals surface area (Å²) in [5.41, 5.74) is 7.05. The van der Waals surface area contributed by atoms with E-state index in [2.05, 4.69) is 36.1 Å². The number of aromatic nitrogens is 1. The van der Waals surface area contributed by atoms with E-state index >= 15 is 0 Å². The Balaban J connectivity index is 0.00000576. The van der Waals surface area contributed by atoms with E-state index in [4.69, 9.17) is 18.3 Å². The van der Waals surface area contributed by atoms with Gasteiger partial charge < -0.3 is 4.90 Å². The number of halogens is 1. The summed E-state index contributed by atoms with van der Waals surface area (Å²) < 4.78 is 55.1. The predicted molar refractivity (Wildman–Crippen MR) is 190 cm³/mol. The van der Waals surface area contributed by atoms with Crippen LogP contribution in [-0.4, -0.2) is 66.8 Å². The number of hydrogen-bond acceptors (Lipinski definition) is 10. The normalized spacial score (nSPS) is 11.9. The molecule has 3 aromatic carbocycles. The number of rotatable bonds is 16. The Kier molecular flexibility index (Phi) is 13.9. The Labute approximate surface area is 283 Å². The van der Waals surface area contributed by atoms with E-state index in [1.807, 2.05) is 61.7 Å². The lowest BCUT2D eigenvalue weighted by molar-refractivity contribution is 0.310. The molecule has 248 valence electrons. The molecular weight excluding hydrogens is 666 g/mol. The summed E-state index contributed by atoms with van der Waals surface area (Å²) in [7, 11) is -7.03. The predicted octanol–water partition coefficient (Wildman–Crippen LogP) is 6.73. The minimum atomic E-state index is -3.52. The van der Waals surface area contributed by atoms with E-state index in [1.54, 1.807) is 11.3 Å². The maximum absolute atomic E-state index is 11.3. The molecule has 9 nitrogen and oxygen atoms in total. The Bertz CT molecular complexity index is 1770. The molecule has 0 aliphatic rings. The second-order valence-electron chi connectivity index (χ2n) is 10.8. The van der Waals surface area contributed by atoms with E-state index in [0.29, 0.717) is 25.9 Å². The van der Waals surface area contributed by atoms with E-state index in [-0.39, 0.29) is 25.6 Å². The van der Waals surface area contributed by atoms with Crippen molar-refractivity contribution in [3.63, 3.8) is 0 Å². The summed E-state index contributed by atoms with van der Waals surface area (Å²) in [6, 6.07) is 24.4. The minimum absolute atomic E-state index is 0. The van der Waals surface area contributed by atoms with Crippen molar-refractivity contribution in [3.8, 4) is 11.3 Å². The van der Waals surface area contributed by atoms with Gasteiger partial charge in [0, 0.05) is 41.9 Å². The average molecular weight is 706 g/mol. The highest BCUT2D eigenvalue weighted by atomic mass is 35.5. The number of aliphatic imine (C=N–C) groups is 1. The van der Waals surface area contributed by atoms with Crippen molar-refractivity contribution in [3.05, 3.63) is 99.4 Å². The van der Waals surface area contributed by atoms with Gasteiger partial charge in [0.25, 0.3) is 20.2 Å². The van der Waals surface area contributed by atoms with Crippen molar-refractivity contribution in [2.75, 3.05) is 43.7 Å². The van der Waals surface area contributed by atoms with Gasteiger partial charge in [-0.1, -0.05) is 48.5 Å². The molecule has 0 atom stereocenters. The third-order valence-corrected chi connectivity index (χ3v) is 9.05. The van der Waals surface area contributed by atoms with E-state index < -0.39 is 20.2 Å². The molecule has 0 N–H and O–H groups in total. The van der Waals surface area contributed by atoms with Gasteiger partial charge in [0.1, 0.15) is 0 Å². The Morgan fingerprint density at radius 2 is 1.46 bits per heavy atom. The van der Waals surface area contributed by atoms with Crippen LogP contribution in [0.5, 0.6) is 0 Å². The monoisotopic (exact) mass is 705 g/mol. The molecule has 1 heterocycles. The first-order valence-corrected chi connectivity index (χ1v) is 19.0. The second-order valence-corrected chi connectivity index (χ2v) is 15.3. The molecule has 0 radical (unpaired) electrons. The molecule has 0 spiro atoms. The van der Waals surface area contributed by atoms with Gasteiger partial charge in [-0.2, -0.15) is 16.8 Å². The van der Waals surface area contributed by atoms with Crippen molar-refractivity contribution in [1.82, 2.24) is 4.98 Å². The zero-order chi connectivity index (χ0) is 32.5. The summed E-state index contributed by atoms with van der Waals surface area (Å²) in [4.78, 5) is 12.9.